The lowest BCUT2D eigenvalue weighted by atomic mass is 9.94. The largest absolute Gasteiger partial charge is 0.341 e. The number of rotatable bonds is 2. The first-order valence-corrected chi connectivity index (χ1v) is 3.62. The lowest BCUT2D eigenvalue weighted by molar-refractivity contribution is -0.127. The van der Waals surface area contributed by atoms with Crippen molar-refractivity contribution in [2.24, 2.45) is 5.41 Å². The lowest BCUT2D eigenvalue weighted by Gasteiger charge is -2.16. The highest BCUT2D eigenvalue weighted by molar-refractivity contribution is 5.84. The molecule has 0 spiro atoms. The third-order valence-electron chi connectivity index (χ3n) is 1.44. The zero-order valence-electron chi connectivity index (χ0n) is 7.51. The second-order valence-electron chi connectivity index (χ2n) is 3.10. The van der Waals surface area contributed by atoms with Crippen molar-refractivity contribution in [2.75, 3.05) is 0 Å². The van der Waals surface area contributed by atoms with Crippen molar-refractivity contribution < 1.29 is 4.79 Å². The van der Waals surface area contributed by atoms with Crippen LogP contribution >= 0.6 is 0 Å². The number of terminal acetylenes is 1. The van der Waals surface area contributed by atoms with Gasteiger partial charge in [0.2, 0.25) is 5.91 Å². The fraction of sp³-hybridized carbons (Fsp3) is 0.556. The molecule has 0 aromatic heterocycles. The van der Waals surface area contributed by atoms with E-state index in [9.17, 15) is 4.79 Å². The molecule has 1 atom stereocenters. The van der Waals surface area contributed by atoms with Gasteiger partial charge in [0.05, 0.1) is 12.1 Å². The number of nitrogens with zero attached hydrogens (tertiary/aromatic N) is 1. The minimum atomic E-state index is -1.01. The third-order valence-corrected chi connectivity index (χ3v) is 1.44. The predicted octanol–water partition coefficient (Wildman–Crippen LogP) is 0.674. The van der Waals surface area contributed by atoms with Crippen LogP contribution in [-0.4, -0.2) is 11.9 Å². The summed E-state index contributed by atoms with van der Waals surface area (Å²) in [5, 5.41) is 11.1. The first-order chi connectivity index (χ1) is 5.44. The molecule has 0 saturated heterocycles. The fourth-order valence-corrected chi connectivity index (χ4v) is 0.470. The fourth-order valence-electron chi connectivity index (χ4n) is 0.470. The zero-order chi connectivity index (χ0) is 9.78. The van der Waals surface area contributed by atoms with Crippen LogP contribution in [0, 0.1) is 29.1 Å². The van der Waals surface area contributed by atoms with Crippen LogP contribution in [0.3, 0.4) is 0 Å². The molecular weight excluding hydrogens is 152 g/mol. The van der Waals surface area contributed by atoms with Crippen LogP contribution in [0.5, 0.6) is 0 Å². The van der Waals surface area contributed by atoms with Gasteiger partial charge in [0.1, 0.15) is 5.41 Å². The highest BCUT2D eigenvalue weighted by Gasteiger charge is 2.27. The number of hydrogen-bond donors (Lipinski definition) is 1. The zero-order valence-corrected chi connectivity index (χ0v) is 7.51. The first-order valence-electron chi connectivity index (χ1n) is 3.62. The molecule has 1 N–H and O–H groups in total. The standard InChI is InChI=1S/C9H12N2O/c1-5-7(2)11-8(12)9(3,4)6-10/h1,7H,2-4H3,(H,11,12). The molecule has 0 aliphatic carbocycles. The normalized spacial score (nSPS) is 12.4. The summed E-state index contributed by atoms with van der Waals surface area (Å²) in [5.41, 5.74) is -1.01. The Hall–Kier alpha value is -1.48. The average molecular weight is 164 g/mol. The molecule has 0 aromatic carbocycles. The molecule has 3 nitrogen and oxygen atoms in total. The number of carbonyl (C=O) groups excluding carboxylic acids is 1. The monoisotopic (exact) mass is 164 g/mol. The quantitative estimate of drug-likeness (QED) is 0.610. The minimum Gasteiger partial charge on any atom is -0.341 e. The van der Waals surface area contributed by atoms with E-state index in [1.807, 2.05) is 6.07 Å². The maximum absolute atomic E-state index is 11.2. The molecule has 64 valence electrons. The number of amides is 1. The SMILES string of the molecule is C#CC(C)NC(=O)C(C)(C)C#N. The molecule has 0 aromatic rings. The maximum atomic E-state index is 11.2. The van der Waals surface area contributed by atoms with Crippen molar-refractivity contribution in [3.05, 3.63) is 0 Å². The van der Waals surface area contributed by atoms with Crippen LogP contribution in [0.25, 0.3) is 0 Å². The van der Waals surface area contributed by atoms with Gasteiger partial charge in [0.25, 0.3) is 0 Å². The Morgan fingerprint density at radius 2 is 2.17 bits per heavy atom. The van der Waals surface area contributed by atoms with Crippen molar-refractivity contribution in [1.82, 2.24) is 5.32 Å². The van der Waals surface area contributed by atoms with Gasteiger partial charge in [-0.15, -0.1) is 6.42 Å². The first kappa shape index (κ1) is 10.5. The number of hydrogen-bond acceptors (Lipinski definition) is 2. The summed E-state index contributed by atoms with van der Waals surface area (Å²) in [6.07, 6.45) is 5.06. The molecule has 12 heavy (non-hydrogen) atoms. The van der Waals surface area contributed by atoms with Crippen LogP contribution < -0.4 is 5.32 Å². The Morgan fingerprint density at radius 3 is 2.50 bits per heavy atom. The average Bonchev–Trinajstić information content (AvgIpc) is 2.04. The molecule has 1 unspecified atom stereocenters. The Balaban J connectivity index is 4.28. The van der Waals surface area contributed by atoms with Gasteiger partial charge in [-0.3, -0.25) is 4.79 Å². The molecule has 0 fully saturated rings. The molecule has 0 aliphatic rings. The van der Waals surface area contributed by atoms with Crippen molar-refractivity contribution >= 4 is 5.91 Å². The Labute approximate surface area is 72.8 Å². The maximum Gasteiger partial charge on any atom is 0.240 e. The van der Waals surface area contributed by atoms with Crippen molar-refractivity contribution in [2.45, 2.75) is 26.8 Å². The molecule has 0 saturated carbocycles. The van der Waals surface area contributed by atoms with Crippen LogP contribution in [0.2, 0.25) is 0 Å². The van der Waals surface area contributed by atoms with Gasteiger partial charge in [0, 0.05) is 0 Å². The molecule has 3 heteroatoms. The molecule has 0 rings (SSSR count). The number of nitrogens with one attached hydrogen (secondary N) is 1. The van der Waals surface area contributed by atoms with E-state index in [0.717, 1.165) is 0 Å². The molecular formula is C9H12N2O. The van der Waals surface area contributed by atoms with E-state index in [4.69, 9.17) is 11.7 Å². The summed E-state index contributed by atoms with van der Waals surface area (Å²) in [7, 11) is 0. The summed E-state index contributed by atoms with van der Waals surface area (Å²) in [4.78, 5) is 11.2. The van der Waals surface area contributed by atoms with Gasteiger partial charge in [-0.1, -0.05) is 5.92 Å². The lowest BCUT2D eigenvalue weighted by Crippen LogP contribution is -2.40. The summed E-state index contributed by atoms with van der Waals surface area (Å²) in [6, 6.07) is 1.56. The van der Waals surface area contributed by atoms with Crippen molar-refractivity contribution in [3.8, 4) is 18.4 Å². The number of nitriles is 1. The van der Waals surface area contributed by atoms with E-state index in [-0.39, 0.29) is 11.9 Å². The van der Waals surface area contributed by atoms with Gasteiger partial charge in [0.15, 0.2) is 0 Å². The Morgan fingerprint density at radius 1 is 1.67 bits per heavy atom. The highest BCUT2D eigenvalue weighted by Crippen LogP contribution is 2.12. The molecule has 0 heterocycles. The van der Waals surface area contributed by atoms with Crippen LogP contribution in [-0.2, 0) is 4.79 Å². The summed E-state index contributed by atoms with van der Waals surface area (Å²) in [5.74, 6) is 2.01. The minimum absolute atomic E-state index is 0.329. The van der Waals surface area contributed by atoms with Crippen LogP contribution in [0.1, 0.15) is 20.8 Å². The molecule has 1 amide bonds. The second kappa shape index (κ2) is 3.78. The van der Waals surface area contributed by atoms with Crippen molar-refractivity contribution in [3.63, 3.8) is 0 Å². The van der Waals surface area contributed by atoms with E-state index in [2.05, 4.69) is 11.2 Å². The second-order valence-corrected chi connectivity index (χ2v) is 3.10. The highest BCUT2D eigenvalue weighted by atomic mass is 16.2. The molecule has 0 bridgehead atoms. The van der Waals surface area contributed by atoms with Gasteiger partial charge < -0.3 is 5.32 Å². The smallest absolute Gasteiger partial charge is 0.240 e. The summed E-state index contributed by atoms with van der Waals surface area (Å²) in [6.45, 7) is 4.78. The van der Waals surface area contributed by atoms with Crippen LogP contribution in [0.15, 0.2) is 0 Å². The van der Waals surface area contributed by atoms with Crippen molar-refractivity contribution in [1.29, 1.82) is 5.26 Å². The van der Waals surface area contributed by atoms with E-state index in [1.54, 1.807) is 20.8 Å². The Bertz CT molecular complexity index is 255. The van der Waals surface area contributed by atoms with E-state index in [1.165, 1.54) is 0 Å². The summed E-state index contributed by atoms with van der Waals surface area (Å²) < 4.78 is 0. The summed E-state index contributed by atoms with van der Waals surface area (Å²) >= 11 is 0. The van der Waals surface area contributed by atoms with E-state index < -0.39 is 5.41 Å². The van der Waals surface area contributed by atoms with E-state index in [0.29, 0.717) is 0 Å². The van der Waals surface area contributed by atoms with E-state index >= 15 is 0 Å². The predicted molar refractivity (Wildman–Crippen MR) is 45.8 cm³/mol. The Kier molecular flexibility index (Phi) is 3.31. The van der Waals surface area contributed by atoms with Gasteiger partial charge in [-0.25, -0.2) is 0 Å². The molecule has 0 radical (unpaired) electrons. The van der Waals surface area contributed by atoms with Gasteiger partial charge in [-0.05, 0) is 20.8 Å². The molecule has 0 aliphatic heterocycles. The number of carbonyl (C=O) groups is 1. The third kappa shape index (κ3) is 2.64. The van der Waals surface area contributed by atoms with Gasteiger partial charge in [-0.2, -0.15) is 5.26 Å². The van der Waals surface area contributed by atoms with Gasteiger partial charge >= 0.3 is 0 Å². The topological polar surface area (TPSA) is 52.9 Å². The van der Waals surface area contributed by atoms with Crippen LogP contribution in [0.4, 0.5) is 0 Å².